The van der Waals surface area contributed by atoms with Gasteiger partial charge >= 0.3 is 0 Å². The lowest BCUT2D eigenvalue weighted by molar-refractivity contribution is -0.118. The van der Waals surface area contributed by atoms with E-state index in [4.69, 9.17) is 4.74 Å². The van der Waals surface area contributed by atoms with Crippen LogP contribution in [0, 0.1) is 0 Å². The zero-order valence-electron chi connectivity index (χ0n) is 20.3. The Balaban J connectivity index is 1.29. The maximum Gasteiger partial charge on any atom is 0.262 e. The Morgan fingerprint density at radius 3 is 2.11 bits per heavy atom. The first-order chi connectivity index (χ1) is 17.9. The number of rotatable bonds is 10. The van der Waals surface area contributed by atoms with E-state index in [-0.39, 0.29) is 30.0 Å². The van der Waals surface area contributed by atoms with Gasteiger partial charge < -0.3 is 19.9 Å². The summed E-state index contributed by atoms with van der Waals surface area (Å²) < 4.78 is 7.27. The van der Waals surface area contributed by atoms with E-state index in [1.54, 1.807) is 53.1 Å². The number of nitrogens with zero attached hydrogens (tertiary/aromatic N) is 3. The number of nitrogens with one attached hydrogen (secondary N) is 2. The van der Waals surface area contributed by atoms with E-state index in [9.17, 15) is 14.4 Å². The molecule has 9 nitrogen and oxygen atoms in total. The average molecular weight is 516 g/mol. The number of carbonyl (C=O) groups excluding carboxylic acids is 3. The van der Waals surface area contributed by atoms with Crippen molar-refractivity contribution in [2.75, 3.05) is 23.0 Å². The lowest BCUT2D eigenvalue weighted by Gasteiger charge is -2.08. The van der Waals surface area contributed by atoms with Crippen LogP contribution in [0.3, 0.4) is 0 Å². The molecule has 0 radical (unpaired) electrons. The molecule has 0 saturated carbocycles. The SMILES string of the molecule is CC(=O)c1ccc(NC(=O)CSc2nnc(-c3ccc(NC(=O)COc4ccccc4)cc3)n2C)cc1. The summed E-state index contributed by atoms with van der Waals surface area (Å²) in [6.07, 6.45) is 0. The predicted molar refractivity (Wildman–Crippen MR) is 143 cm³/mol. The van der Waals surface area contributed by atoms with Gasteiger partial charge in [0.2, 0.25) is 5.91 Å². The van der Waals surface area contributed by atoms with Crippen molar-refractivity contribution in [3.63, 3.8) is 0 Å². The van der Waals surface area contributed by atoms with Crippen LogP contribution < -0.4 is 15.4 Å². The highest BCUT2D eigenvalue weighted by molar-refractivity contribution is 7.99. The smallest absolute Gasteiger partial charge is 0.262 e. The van der Waals surface area contributed by atoms with E-state index < -0.39 is 0 Å². The molecular weight excluding hydrogens is 490 g/mol. The summed E-state index contributed by atoms with van der Waals surface area (Å²) in [6.45, 7) is 1.40. The number of aromatic nitrogens is 3. The zero-order valence-corrected chi connectivity index (χ0v) is 21.1. The molecule has 4 rings (SSSR count). The van der Waals surface area contributed by atoms with Crippen molar-refractivity contribution in [1.29, 1.82) is 0 Å². The first kappa shape index (κ1) is 25.6. The van der Waals surface area contributed by atoms with E-state index in [0.29, 0.717) is 33.7 Å². The third-order valence-corrected chi connectivity index (χ3v) is 6.30. The number of amides is 2. The summed E-state index contributed by atoms with van der Waals surface area (Å²) >= 11 is 1.27. The third-order valence-electron chi connectivity index (χ3n) is 5.28. The van der Waals surface area contributed by atoms with Crippen LogP contribution in [-0.4, -0.2) is 44.7 Å². The van der Waals surface area contributed by atoms with Crippen LogP contribution in [0.2, 0.25) is 0 Å². The van der Waals surface area contributed by atoms with E-state index in [0.717, 1.165) is 5.56 Å². The molecule has 0 aliphatic carbocycles. The second kappa shape index (κ2) is 12.0. The minimum Gasteiger partial charge on any atom is -0.484 e. The number of anilines is 2. The van der Waals surface area contributed by atoms with Gasteiger partial charge in [0, 0.05) is 29.5 Å². The molecule has 4 aromatic rings. The van der Waals surface area contributed by atoms with Crippen molar-refractivity contribution in [3.05, 3.63) is 84.4 Å². The van der Waals surface area contributed by atoms with E-state index in [1.807, 2.05) is 37.4 Å². The molecule has 37 heavy (non-hydrogen) atoms. The third kappa shape index (κ3) is 7.05. The van der Waals surface area contributed by atoms with Crippen LogP contribution in [0.15, 0.2) is 84.0 Å². The second-order valence-corrected chi connectivity index (χ2v) is 9.01. The summed E-state index contributed by atoms with van der Waals surface area (Å²) in [7, 11) is 1.83. The van der Waals surface area contributed by atoms with Gasteiger partial charge in [0.25, 0.3) is 5.91 Å². The number of hydrogen-bond acceptors (Lipinski definition) is 7. The Hall–Kier alpha value is -4.44. The van der Waals surface area contributed by atoms with Gasteiger partial charge in [-0.3, -0.25) is 14.4 Å². The molecule has 0 spiro atoms. The van der Waals surface area contributed by atoms with E-state index >= 15 is 0 Å². The molecule has 188 valence electrons. The predicted octanol–water partition coefficient (Wildman–Crippen LogP) is 4.43. The van der Waals surface area contributed by atoms with Crippen molar-refractivity contribution in [2.24, 2.45) is 7.05 Å². The first-order valence-corrected chi connectivity index (χ1v) is 12.4. The van der Waals surface area contributed by atoms with E-state index in [2.05, 4.69) is 20.8 Å². The van der Waals surface area contributed by atoms with Gasteiger partial charge in [-0.1, -0.05) is 30.0 Å². The number of thioether (sulfide) groups is 1. The largest absolute Gasteiger partial charge is 0.484 e. The molecule has 0 aliphatic heterocycles. The maximum absolute atomic E-state index is 12.3. The molecule has 2 N–H and O–H groups in total. The Labute approximate surface area is 218 Å². The number of benzene rings is 3. The highest BCUT2D eigenvalue weighted by Gasteiger charge is 2.14. The molecule has 10 heteroatoms. The van der Waals surface area contributed by atoms with Gasteiger partial charge in [0.15, 0.2) is 23.4 Å². The number of ketones is 1. The summed E-state index contributed by atoms with van der Waals surface area (Å²) in [4.78, 5) is 35.9. The molecule has 1 heterocycles. The Morgan fingerprint density at radius 1 is 0.838 bits per heavy atom. The fraction of sp³-hybridized carbons (Fsp3) is 0.148. The van der Waals surface area contributed by atoms with Crippen LogP contribution in [0.1, 0.15) is 17.3 Å². The molecule has 0 bridgehead atoms. The van der Waals surface area contributed by atoms with Gasteiger partial charge in [-0.05, 0) is 67.6 Å². The maximum atomic E-state index is 12.3. The van der Waals surface area contributed by atoms with Crippen molar-refractivity contribution in [2.45, 2.75) is 12.1 Å². The summed E-state index contributed by atoms with van der Waals surface area (Å²) in [5, 5.41) is 14.6. The van der Waals surface area contributed by atoms with Gasteiger partial charge in [-0.2, -0.15) is 0 Å². The van der Waals surface area contributed by atoms with Crippen molar-refractivity contribution in [1.82, 2.24) is 14.8 Å². The van der Waals surface area contributed by atoms with Crippen LogP contribution in [0.25, 0.3) is 11.4 Å². The fourth-order valence-corrected chi connectivity index (χ4v) is 4.08. The Kier molecular flexibility index (Phi) is 8.32. The lowest BCUT2D eigenvalue weighted by atomic mass is 10.1. The minimum absolute atomic E-state index is 0.0284. The van der Waals surface area contributed by atoms with Crippen LogP contribution in [0.4, 0.5) is 11.4 Å². The van der Waals surface area contributed by atoms with Gasteiger partial charge in [0.1, 0.15) is 5.75 Å². The van der Waals surface area contributed by atoms with Crippen molar-refractivity contribution < 1.29 is 19.1 Å². The highest BCUT2D eigenvalue weighted by atomic mass is 32.2. The van der Waals surface area contributed by atoms with E-state index in [1.165, 1.54) is 18.7 Å². The van der Waals surface area contributed by atoms with Gasteiger partial charge in [-0.25, -0.2) is 0 Å². The molecular formula is C27H25N5O4S. The minimum atomic E-state index is -0.262. The normalized spacial score (nSPS) is 10.5. The number of Topliss-reactive ketones (excluding diaryl/α,β-unsaturated/α-hetero) is 1. The Morgan fingerprint density at radius 2 is 1.46 bits per heavy atom. The van der Waals surface area contributed by atoms with Crippen molar-refractivity contribution >= 4 is 40.7 Å². The molecule has 0 saturated heterocycles. The molecule has 0 atom stereocenters. The van der Waals surface area contributed by atoms with Crippen LogP contribution in [0.5, 0.6) is 5.75 Å². The standard InChI is InChI=1S/C27H25N5O4S/c1-18(33)19-8-12-22(13-9-19)29-25(35)17-37-27-31-30-26(32(27)2)20-10-14-21(15-11-20)28-24(34)16-36-23-6-4-3-5-7-23/h3-15H,16-17H2,1-2H3,(H,28,34)(H,29,35). The average Bonchev–Trinajstić information content (AvgIpc) is 3.27. The molecule has 0 unspecified atom stereocenters. The molecule has 0 fully saturated rings. The molecule has 0 aliphatic rings. The summed E-state index contributed by atoms with van der Waals surface area (Å²) in [6, 6.07) is 23.1. The molecule has 1 aromatic heterocycles. The summed E-state index contributed by atoms with van der Waals surface area (Å²) in [5.74, 6) is 0.928. The molecule has 3 aromatic carbocycles. The molecule has 2 amide bonds. The lowest BCUT2D eigenvalue weighted by Crippen LogP contribution is -2.20. The highest BCUT2D eigenvalue weighted by Crippen LogP contribution is 2.24. The summed E-state index contributed by atoms with van der Waals surface area (Å²) in [5.41, 5.74) is 2.66. The number of hydrogen-bond donors (Lipinski definition) is 2. The second-order valence-electron chi connectivity index (χ2n) is 8.06. The quantitative estimate of drug-likeness (QED) is 0.237. The number of carbonyl (C=O) groups is 3. The zero-order chi connectivity index (χ0) is 26.2. The Bertz CT molecular complexity index is 1390. The van der Waals surface area contributed by atoms with Crippen LogP contribution >= 0.6 is 11.8 Å². The number of para-hydroxylation sites is 1. The fourth-order valence-electron chi connectivity index (χ4n) is 3.37. The first-order valence-electron chi connectivity index (χ1n) is 11.4. The van der Waals surface area contributed by atoms with Crippen molar-refractivity contribution in [3.8, 4) is 17.1 Å². The topological polar surface area (TPSA) is 115 Å². The van der Waals surface area contributed by atoms with Crippen LogP contribution in [-0.2, 0) is 16.6 Å². The van der Waals surface area contributed by atoms with Gasteiger partial charge in [0.05, 0.1) is 5.75 Å². The number of ether oxygens (including phenoxy) is 1. The van der Waals surface area contributed by atoms with Gasteiger partial charge in [-0.15, -0.1) is 10.2 Å². The monoisotopic (exact) mass is 515 g/mol.